The maximum Gasteiger partial charge on any atom is 0.264 e. The summed E-state index contributed by atoms with van der Waals surface area (Å²) in [5, 5.41) is 0.792. The Kier molecular flexibility index (Phi) is 6.12. The first-order chi connectivity index (χ1) is 14.8. The van der Waals surface area contributed by atoms with Crippen LogP contribution in [-0.2, 0) is 16.4 Å². The van der Waals surface area contributed by atoms with Gasteiger partial charge >= 0.3 is 0 Å². The number of sulfonamides is 1. The van der Waals surface area contributed by atoms with Gasteiger partial charge in [0.05, 0.1) is 51.0 Å². The molecule has 1 aliphatic heterocycles. The smallest absolute Gasteiger partial charge is 0.264 e. The van der Waals surface area contributed by atoms with Crippen LogP contribution in [0.1, 0.15) is 16.1 Å². The summed E-state index contributed by atoms with van der Waals surface area (Å²) in [5.74, 6) is -0.0205. The Bertz CT molecular complexity index is 1260. The number of ether oxygens (including phenoxy) is 1. The van der Waals surface area contributed by atoms with Crippen LogP contribution in [0.5, 0.6) is 5.75 Å². The zero-order valence-corrected chi connectivity index (χ0v) is 19.0. The Morgan fingerprint density at radius 1 is 1.06 bits per heavy atom. The number of carbonyl (C=O) groups excluding carboxylic acids is 1. The van der Waals surface area contributed by atoms with Crippen LogP contribution in [0.2, 0.25) is 15.1 Å². The zero-order chi connectivity index (χ0) is 22.2. The van der Waals surface area contributed by atoms with Crippen LogP contribution in [-0.4, -0.2) is 32.3 Å². The number of Topliss-reactive ketones (excluding diaryl/α,β-unsaturated/α-hetero) is 1. The molecule has 0 fully saturated rings. The number of rotatable bonds is 5. The van der Waals surface area contributed by atoms with E-state index in [1.165, 1.54) is 28.7 Å². The fourth-order valence-electron chi connectivity index (χ4n) is 3.26. The first-order valence-electron chi connectivity index (χ1n) is 9.14. The quantitative estimate of drug-likeness (QED) is 0.461. The van der Waals surface area contributed by atoms with E-state index in [2.05, 4.69) is 4.98 Å². The third kappa shape index (κ3) is 4.36. The number of carbonyl (C=O) groups is 1. The molecule has 3 aromatic rings. The number of aromatic nitrogens is 1. The lowest BCUT2D eigenvalue weighted by atomic mass is 10.1. The summed E-state index contributed by atoms with van der Waals surface area (Å²) in [6.45, 7) is 0.275. The average Bonchev–Trinajstić information content (AvgIpc) is 2.73. The number of pyridine rings is 1. The molecule has 2 aromatic carbocycles. The second kappa shape index (κ2) is 8.67. The number of halogens is 3. The lowest BCUT2D eigenvalue weighted by Gasteiger charge is -2.30. The van der Waals surface area contributed by atoms with Gasteiger partial charge < -0.3 is 4.74 Å². The topological polar surface area (TPSA) is 76.6 Å². The third-order valence-electron chi connectivity index (χ3n) is 4.69. The SMILES string of the molecule is O=C(Cc1cc2c(cn1)OCCN2S(=O)(=O)c1cccc(Cl)c1)c1c(Cl)cccc1Cl. The van der Waals surface area contributed by atoms with E-state index in [0.29, 0.717) is 22.2 Å². The highest BCUT2D eigenvalue weighted by molar-refractivity contribution is 7.92. The van der Waals surface area contributed by atoms with Gasteiger partial charge in [-0.1, -0.05) is 46.9 Å². The maximum absolute atomic E-state index is 13.2. The van der Waals surface area contributed by atoms with Gasteiger partial charge in [0.2, 0.25) is 0 Å². The zero-order valence-electron chi connectivity index (χ0n) is 15.9. The monoisotopic (exact) mass is 496 g/mol. The fraction of sp³-hybridized carbons (Fsp3) is 0.143. The number of ketones is 1. The third-order valence-corrected chi connectivity index (χ3v) is 7.37. The molecule has 0 saturated carbocycles. The van der Waals surface area contributed by atoms with Gasteiger partial charge in [-0.3, -0.25) is 14.1 Å². The molecule has 0 N–H and O–H groups in total. The lowest BCUT2D eigenvalue weighted by molar-refractivity contribution is 0.0992. The normalized spacial score (nSPS) is 13.5. The molecule has 0 aliphatic carbocycles. The summed E-state index contributed by atoms with van der Waals surface area (Å²) in [4.78, 5) is 17.1. The molecule has 31 heavy (non-hydrogen) atoms. The molecular formula is C21H15Cl3N2O4S. The molecule has 0 radical (unpaired) electrons. The van der Waals surface area contributed by atoms with Gasteiger partial charge in [0.1, 0.15) is 6.61 Å². The number of fused-ring (bicyclic) bond motifs is 1. The highest BCUT2D eigenvalue weighted by Crippen LogP contribution is 2.36. The van der Waals surface area contributed by atoms with Crippen LogP contribution in [0.15, 0.2) is 59.6 Å². The second-order valence-corrected chi connectivity index (χ2v) is 9.84. The summed E-state index contributed by atoms with van der Waals surface area (Å²) in [6.07, 6.45) is 1.30. The molecule has 1 aromatic heterocycles. The van der Waals surface area contributed by atoms with Crippen LogP contribution in [0.25, 0.3) is 0 Å². The number of benzene rings is 2. The molecule has 4 rings (SSSR count). The Morgan fingerprint density at radius 2 is 1.77 bits per heavy atom. The fourth-order valence-corrected chi connectivity index (χ4v) is 5.62. The molecular weight excluding hydrogens is 483 g/mol. The summed E-state index contributed by atoms with van der Waals surface area (Å²) in [6, 6.07) is 12.4. The van der Waals surface area contributed by atoms with E-state index in [0.717, 1.165) is 0 Å². The number of anilines is 1. The van der Waals surface area contributed by atoms with Gasteiger partial charge in [-0.15, -0.1) is 0 Å². The molecule has 10 heteroatoms. The van der Waals surface area contributed by atoms with Gasteiger partial charge in [-0.2, -0.15) is 0 Å². The van der Waals surface area contributed by atoms with Crippen molar-refractivity contribution in [2.75, 3.05) is 17.5 Å². The molecule has 0 amide bonds. The Morgan fingerprint density at radius 3 is 2.48 bits per heavy atom. The van der Waals surface area contributed by atoms with Gasteiger partial charge in [0.15, 0.2) is 11.5 Å². The predicted octanol–water partition coefficient (Wildman–Crippen LogP) is 5.05. The van der Waals surface area contributed by atoms with Crippen molar-refractivity contribution in [1.82, 2.24) is 4.98 Å². The van der Waals surface area contributed by atoms with Crippen LogP contribution in [0.3, 0.4) is 0 Å². The summed E-state index contributed by atoms with van der Waals surface area (Å²) in [7, 11) is -3.89. The first-order valence-corrected chi connectivity index (χ1v) is 11.7. The summed E-state index contributed by atoms with van der Waals surface area (Å²) in [5.41, 5.74) is 0.857. The van der Waals surface area contributed by atoms with Crippen molar-refractivity contribution < 1.29 is 17.9 Å². The van der Waals surface area contributed by atoms with Crippen molar-refractivity contribution in [2.24, 2.45) is 0 Å². The highest BCUT2D eigenvalue weighted by Gasteiger charge is 2.31. The molecule has 0 unspecified atom stereocenters. The van der Waals surface area contributed by atoms with Crippen LogP contribution < -0.4 is 9.04 Å². The van der Waals surface area contributed by atoms with E-state index in [1.54, 1.807) is 30.3 Å². The molecule has 2 heterocycles. The Labute approximate surface area is 194 Å². The molecule has 0 atom stereocenters. The second-order valence-electron chi connectivity index (χ2n) is 6.72. The van der Waals surface area contributed by atoms with Crippen molar-refractivity contribution in [1.29, 1.82) is 0 Å². The minimum absolute atomic E-state index is 0.0603. The number of hydrogen-bond donors (Lipinski definition) is 0. The van der Waals surface area contributed by atoms with E-state index in [4.69, 9.17) is 39.5 Å². The van der Waals surface area contributed by atoms with Crippen LogP contribution in [0.4, 0.5) is 5.69 Å². The van der Waals surface area contributed by atoms with Gasteiger partial charge in [-0.05, 0) is 36.4 Å². The minimum Gasteiger partial charge on any atom is -0.488 e. The molecule has 6 nitrogen and oxygen atoms in total. The van der Waals surface area contributed by atoms with Gasteiger partial charge in [0.25, 0.3) is 10.0 Å². The average molecular weight is 498 g/mol. The Hall–Kier alpha value is -2.32. The molecule has 0 spiro atoms. The van der Waals surface area contributed by atoms with E-state index < -0.39 is 10.0 Å². The van der Waals surface area contributed by atoms with Gasteiger partial charge in [0, 0.05) is 5.02 Å². The highest BCUT2D eigenvalue weighted by atomic mass is 35.5. The van der Waals surface area contributed by atoms with E-state index in [-0.39, 0.29) is 45.9 Å². The minimum atomic E-state index is -3.89. The molecule has 0 saturated heterocycles. The molecule has 1 aliphatic rings. The van der Waals surface area contributed by atoms with Crippen molar-refractivity contribution in [2.45, 2.75) is 11.3 Å². The van der Waals surface area contributed by atoms with Crippen molar-refractivity contribution in [3.05, 3.63) is 81.1 Å². The molecule has 0 bridgehead atoms. The number of nitrogens with zero attached hydrogens (tertiary/aromatic N) is 2. The first kappa shape index (κ1) is 21.9. The van der Waals surface area contributed by atoms with Crippen molar-refractivity contribution in [3.63, 3.8) is 0 Å². The van der Waals surface area contributed by atoms with Crippen molar-refractivity contribution in [3.8, 4) is 5.75 Å². The lowest BCUT2D eigenvalue weighted by Crippen LogP contribution is -2.38. The van der Waals surface area contributed by atoms with E-state index in [1.807, 2.05) is 0 Å². The largest absolute Gasteiger partial charge is 0.488 e. The van der Waals surface area contributed by atoms with Crippen LogP contribution in [0, 0.1) is 0 Å². The summed E-state index contributed by atoms with van der Waals surface area (Å²) >= 11 is 18.2. The van der Waals surface area contributed by atoms with E-state index in [9.17, 15) is 13.2 Å². The number of hydrogen-bond acceptors (Lipinski definition) is 5. The van der Waals surface area contributed by atoms with Gasteiger partial charge in [-0.25, -0.2) is 8.42 Å². The predicted molar refractivity (Wildman–Crippen MR) is 120 cm³/mol. The van der Waals surface area contributed by atoms with Crippen LogP contribution >= 0.6 is 34.8 Å². The standard InChI is InChI=1S/C21H15Cl3N2O4S/c22-13-3-1-4-15(9-13)31(28,29)26-7-8-30-20-12-25-14(10-18(20)26)11-19(27)21-16(23)5-2-6-17(21)24/h1-6,9-10,12H,7-8,11H2. The Balaban J connectivity index is 1.69. The van der Waals surface area contributed by atoms with E-state index >= 15 is 0 Å². The summed E-state index contributed by atoms with van der Waals surface area (Å²) < 4.78 is 33.3. The maximum atomic E-state index is 13.2. The van der Waals surface area contributed by atoms with Crippen molar-refractivity contribution >= 4 is 56.3 Å². The molecule has 160 valence electrons.